The Balaban J connectivity index is 2.72. The van der Waals surface area contributed by atoms with E-state index in [1.54, 1.807) is 4.90 Å². The maximum atomic E-state index is 12.5. The lowest BCUT2D eigenvalue weighted by atomic mass is 10.1. The van der Waals surface area contributed by atoms with Crippen LogP contribution in [0.25, 0.3) is 0 Å². The van der Waals surface area contributed by atoms with Crippen molar-refractivity contribution in [2.45, 2.75) is 52.9 Å². The predicted octanol–water partition coefficient (Wildman–Crippen LogP) is 2.84. The zero-order chi connectivity index (χ0) is 15.8. The fourth-order valence-electron chi connectivity index (χ4n) is 2.01. The molecule has 0 unspecified atom stereocenters. The Labute approximate surface area is 127 Å². The maximum absolute atomic E-state index is 12.5. The van der Waals surface area contributed by atoms with Crippen molar-refractivity contribution in [3.8, 4) is 0 Å². The number of amides is 1. The number of nitrogens with zero attached hydrogens (tertiary/aromatic N) is 1. The van der Waals surface area contributed by atoms with Gasteiger partial charge in [-0.2, -0.15) is 0 Å². The Bertz CT molecular complexity index is 426. The number of hydrogen-bond donors (Lipinski definition) is 1. The van der Waals surface area contributed by atoms with Crippen LogP contribution in [-0.4, -0.2) is 41.2 Å². The highest BCUT2D eigenvalue weighted by molar-refractivity contribution is 5.94. The van der Waals surface area contributed by atoms with Gasteiger partial charge in [0.1, 0.15) is 0 Å². The zero-order valence-electron chi connectivity index (χ0n) is 13.5. The van der Waals surface area contributed by atoms with E-state index in [0.29, 0.717) is 25.1 Å². The molecule has 0 aliphatic rings. The number of hydrogen-bond acceptors (Lipinski definition) is 3. The van der Waals surface area contributed by atoms with E-state index in [1.165, 1.54) is 0 Å². The van der Waals surface area contributed by atoms with Crippen LogP contribution in [0.1, 0.15) is 50.0 Å². The van der Waals surface area contributed by atoms with Crippen LogP contribution >= 0.6 is 0 Å². The Kier molecular flexibility index (Phi) is 7.40. The minimum Gasteiger partial charge on any atom is -0.396 e. The van der Waals surface area contributed by atoms with Gasteiger partial charge < -0.3 is 14.7 Å². The smallest absolute Gasteiger partial charge is 0.254 e. The summed E-state index contributed by atoms with van der Waals surface area (Å²) in [5, 5.41) is 8.94. The van der Waals surface area contributed by atoms with Crippen molar-refractivity contribution < 1.29 is 14.6 Å². The third-order valence-corrected chi connectivity index (χ3v) is 3.23. The summed E-state index contributed by atoms with van der Waals surface area (Å²) in [4.78, 5) is 14.3. The molecule has 0 saturated heterocycles. The van der Waals surface area contributed by atoms with Crippen molar-refractivity contribution >= 4 is 5.91 Å². The molecule has 1 amide bonds. The summed E-state index contributed by atoms with van der Waals surface area (Å²) in [5.41, 5.74) is 1.74. The molecule has 0 bridgehead atoms. The lowest BCUT2D eigenvalue weighted by Crippen LogP contribution is -2.38. The van der Waals surface area contributed by atoms with Gasteiger partial charge in [0.25, 0.3) is 5.91 Å². The first-order valence-electron chi connectivity index (χ1n) is 7.58. The molecule has 1 rings (SSSR count). The number of benzene rings is 1. The molecule has 0 saturated carbocycles. The van der Waals surface area contributed by atoms with Crippen molar-refractivity contribution in [1.29, 1.82) is 0 Å². The van der Waals surface area contributed by atoms with Gasteiger partial charge in [-0.15, -0.1) is 0 Å². The van der Waals surface area contributed by atoms with Gasteiger partial charge in [-0.25, -0.2) is 0 Å². The fraction of sp³-hybridized carbons (Fsp3) is 0.588. The molecule has 1 aromatic carbocycles. The molecule has 0 aromatic heterocycles. The van der Waals surface area contributed by atoms with Crippen molar-refractivity contribution in [1.82, 2.24) is 4.90 Å². The Morgan fingerprint density at radius 3 is 2.29 bits per heavy atom. The third kappa shape index (κ3) is 5.86. The molecule has 0 radical (unpaired) electrons. The van der Waals surface area contributed by atoms with E-state index in [0.717, 1.165) is 5.56 Å². The van der Waals surface area contributed by atoms with Crippen LogP contribution in [0.15, 0.2) is 24.3 Å². The molecule has 0 atom stereocenters. The van der Waals surface area contributed by atoms with Crippen LogP contribution < -0.4 is 0 Å². The summed E-state index contributed by atoms with van der Waals surface area (Å²) in [6.07, 6.45) is 0.797. The summed E-state index contributed by atoms with van der Waals surface area (Å²) in [7, 11) is 0. The van der Waals surface area contributed by atoms with Crippen LogP contribution in [0.4, 0.5) is 0 Å². The molecule has 118 valence electrons. The molecule has 0 heterocycles. The van der Waals surface area contributed by atoms with Crippen LogP contribution in [0.3, 0.4) is 0 Å². The SMILES string of the molecule is CC(C)OCc1ccc(C(=O)N(CCCO)C(C)C)cc1. The predicted molar refractivity (Wildman–Crippen MR) is 84.2 cm³/mol. The molecule has 4 heteroatoms. The van der Waals surface area contributed by atoms with Gasteiger partial charge in [0, 0.05) is 24.8 Å². The van der Waals surface area contributed by atoms with Crippen molar-refractivity contribution in [3.63, 3.8) is 0 Å². The average Bonchev–Trinajstić information content (AvgIpc) is 2.45. The van der Waals surface area contributed by atoms with Gasteiger partial charge in [0.05, 0.1) is 12.7 Å². The number of aliphatic hydroxyl groups is 1. The van der Waals surface area contributed by atoms with Gasteiger partial charge in [-0.1, -0.05) is 12.1 Å². The molecule has 1 N–H and O–H groups in total. The number of carbonyl (C=O) groups is 1. The van der Waals surface area contributed by atoms with E-state index in [9.17, 15) is 4.79 Å². The third-order valence-electron chi connectivity index (χ3n) is 3.23. The molecule has 0 aliphatic heterocycles. The number of aliphatic hydroxyl groups excluding tert-OH is 1. The number of ether oxygens (including phenoxy) is 1. The van der Waals surface area contributed by atoms with Gasteiger partial charge >= 0.3 is 0 Å². The van der Waals surface area contributed by atoms with Gasteiger partial charge in [-0.3, -0.25) is 4.79 Å². The number of carbonyl (C=O) groups excluding carboxylic acids is 1. The molecule has 21 heavy (non-hydrogen) atoms. The summed E-state index contributed by atoms with van der Waals surface area (Å²) in [5.74, 6) is 0.00905. The second kappa shape index (κ2) is 8.80. The molecular formula is C17H27NO3. The van der Waals surface area contributed by atoms with E-state index in [1.807, 2.05) is 52.0 Å². The first-order valence-corrected chi connectivity index (χ1v) is 7.58. The summed E-state index contributed by atoms with van der Waals surface area (Å²) >= 11 is 0. The first kappa shape index (κ1) is 17.7. The minimum atomic E-state index is 0.00905. The molecule has 0 aliphatic carbocycles. The number of rotatable bonds is 8. The van der Waals surface area contributed by atoms with Crippen molar-refractivity contribution in [3.05, 3.63) is 35.4 Å². The molecule has 1 aromatic rings. The first-order chi connectivity index (χ1) is 9.95. The Hall–Kier alpha value is -1.39. The van der Waals surface area contributed by atoms with Gasteiger partial charge in [-0.05, 0) is 51.8 Å². The largest absolute Gasteiger partial charge is 0.396 e. The van der Waals surface area contributed by atoms with E-state index >= 15 is 0 Å². The van der Waals surface area contributed by atoms with E-state index in [-0.39, 0.29) is 24.7 Å². The van der Waals surface area contributed by atoms with E-state index < -0.39 is 0 Å². The fourth-order valence-corrected chi connectivity index (χ4v) is 2.01. The normalized spacial score (nSPS) is 11.2. The molecule has 0 spiro atoms. The quantitative estimate of drug-likeness (QED) is 0.802. The topological polar surface area (TPSA) is 49.8 Å². The maximum Gasteiger partial charge on any atom is 0.254 e. The summed E-state index contributed by atoms with van der Waals surface area (Å²) in [6, 6.07) is 7.67. The minimum absolute atomic E-state index is 0.00905. The Morgan fingerprint density at radius 2 is 1.81 bits per heavy atom. The van der Waals surface area contributed by atoms with Gasteiger partial charge in [0.15, 0.2) is 0 Å². The highest BCUT2D eigenvalue weighted by Gasteiger charge is 2.18. The molecular weight excluding hydrogens is 266 g/mol. The van der Waals surface area contributed by atoms with E-state index in [4.69, 9.17) is 9.84 Å². The standard InChI is InChI=1S/C17H27NO3/c1-13(2)18(10-5-11-19)17(20)16-8-6-15(7-9-16)12-21-14(3)4/h6-9,13-14,19H,5,10-12H2,1-4H3. The molecule has 4 nitrogen and oxygen atoms in total. The van der Waals surface area contributed by atoms with Crippen LogP contribution in [0.5, 0.6) is 0 Å². The lowest BCUT2D eigenvalue weighted by Gasteiger charge is -2.26. The van der Waals surface area contributed by atoms with Crippen molar-refractivity contribution in [2.24, 2.45) is 0 Å². The van der Waals surface area contributed by atoms with E-state index in [2.05, 4.69) is 0 Å². The second-order valence-electron chi connectivity index (χ2n) is 5.73. The van der Waals surface area contributed by atoms with Crippen LogP contribution in [0, 0.1) is 0 Å². The summed E-state index contributed by atoms with van der Waals surface area (Å²) < 4.78 is 5.54. The average molecular weight is 293 g/mol. The van der Waals surface area contributed by atoms with Crippen LogP contribution in [0.2, 0.25) is 0 Å². The molecule has 0 fully saturated rings. The Morgan fingerprint density at radius 1 is 1.19 bits per heavy atom. The van der Waals surface area contributed by atoms with Crippen LogP contribution in [-0.2, 0) is 11.3 Å². The summed E-state index contributed by atoms with van der Waals surface area (Å²) in [6.45, 7) is 9.21. The highest BCUT2D eigenvalue weighted by Crippen LogP contribution is 2.12. The monoisotopic (exact) mass is 293 g/mol. The second-order valence-corrected chi connectivity index (χ2v) is 5.73. The lowest BCUT2D eigenvalue weighted by molar-refractivity contribution is 0.0653. The van der Waals surface area contributed by atoms with Gasteiger partial charge in [0.2, 0.25) is 0 Å². The zero-order valence-corrected chi connectivity index (χ0v) is 13.5. The highest BCUT2D eigenvalue weighted by atomic mass is 16.5. The van der Waals surface area contributed by atoms with Crippen molar-refractivity contribution in [2.75, 3.05) is 13.2 Å².